The van der Waals surface area contributed by atoms with Gasteiger partial charge in [-0.2, -0.15) is 0 Å². The zero-order chi connectivity index (χ0) is 15.1. The van der Waals surface area contributed by atoms with Crippen molar-refractivity contribution in [2.75, 3.05) is 18.4 Å². The fourth-order valence-corrected chi connectivity index (χ4v) is 2.24. The quantitative estimate of drug-likeness (QED) is 0.803. The van der Waals surface area contributed by atoms with Gasteiger partial charge in [0.2, 0.25) is 5.91 Å². The van der Waals surface area contributed by atoms with Crippen molar-refractivity contribution in [2.24, 2.45) is 0 Å². The van der Waals surface area contributed by atoms with E-state index in [-0.39, 0.29) is 12.5 Å². The van der Waals surface area contributed by atoms with Crippen LogP contribution >= 0.6 is 11.6 Å². The fourth-order valence-electron chi connectivity index (χ4n) is 2.06. The van der Waals surface area contributed by atoms with Crippen molar-refractivity contribution in [3.05, 3.63) is 64.7 Å². The van der Waals surface area contributed by atoms with Crippen LogP contribution in [0.15, 0.2) is 48.5 Å². The van der Waals surface area contributed by atoms with Crippen molar-refractivity contribution >= 4 is 23.2 Å². The van der Waals surface area contributed by atoms with Gasteiger partial charge < -0.3 is 10.6 Å². The van der Waals surface area contributed by atoms with Crippen LogP contribution in [0.2, 0.25) is 5.02 Å². The molecule has 0 aliphatic rings. The third-order valence-electron chi connectivity index (χ3n) is 3.11. The minimum atomic E-state index is -0.0904. The lowest BCUT2D eigenvalue weighted by atomic mass is 10.1. The molecule has 0 atom stereocenters. The third-order valence-corrected chi connectivity index (χ3v) is 3.44. The van der Waals surface area contributed by atoms with Crippen molar-refractivity contribution in [1.82, 2.24) is 5.32 Å². The third kappa shape index (κ3) is 5.21. The summed E-state index contributed by atoms with van der Waals surface area (Å²) in [6, 6.07) is 15.6. The molecule has 110 valence electrons. The Morgan fingerprint density at radius 2 is 1.95 bits per heavy atom. The van der Waals surface area contributed by atoms with E-state index in [1.807, 2.05) is 12.1 Å². The molecular formula is C17H19ClN2O. The summed E-state index contributed by atoms with van der Waals surface area (Å²) in [5.74, 6) is -0.0904. The summed E-state index contributed by atoms with van der Waals surface area (Å²) in [5.41, 5.74) is 3.17. The normalized spacial score (nSPS) is 10.4. The molecule has 0 saturated heterocycles. The van der Waals surface area contributed by atoms with Crippen molar-refractivity contribution < 1.29 is 4.79 Å². The molecule has 0 spiro atoms. The molecule has 0 saturated carbocycles. The molecule has 0 heterocycles. The highest BCUT2D eigenvalue weighted by Gasteiger charge is 2.04. The molecule has 2 aromatic carbocycles. The largest absolute Gasteiger partial charge is 0.324 e. The van der Waals surface area contributed by atoms with E-state index in [9.17, 15) is 4.79 Å². The van der Waals surface area contributed by atoms with Gasteiger partial charge in [0.25, 0.3) is 0 Å². The lowest BCUT2D eigenvalue weighted by Gasteiger charge is -2.08. The fraction of sp³-hybridized carbons (Fsp3) is 0.235. The van der Waals surface area contributed by atoms with Crippen molar-refractivity contribution in [1.29, 1.82) is 0 Å². The van der Waals surface area contributed by atoms with Gasteiger partial charge in [-0.3, -0.25) is 4.79 Å². The predicted octanol–water partition coefficient (Wildman–Crippen LogP) is 3.42. The van der Waals surface area contributed by atoms with Gasteiger partial charge in [-0.05, 0) is 37.6 Å². The Bertz CT molecular complexity index is 613. The van der Waals surface area contributed by atoms with Crippen LogP contribution in [0.1, 0.15) is 11.1 Å². The Hall–Kier alpha value is -1.84. The van der Waals surface area contributed by atoms with Crippen LogP contribution in [0.3, 0.4) is 0 Å². The average molecular weight is 303 g/mol. The van der Waals surface area contributed by atoms with Gasteiger partial charge in [0.05, 0.1) is 17.3 Å². The van der Waals surface area contributed by atoms with Gasteiger partial charge in [0.1, 0.15) is 0 Å². The molecule has 4 heteroatoms. The summed E-state index contributed by atoms with van der Waals surface area (Å²) in [6.07, 6.45) is 0.904. The number of hydrogen-bond acceptors (Lipinski definition) is 2. The van der Waals surface area contributed by atoms with Crippen LogP contribution in [-0.4, -0.2) is 19.0 Å². The second-order valence-electron chi connectivity index (χ2n) is 4.94. The Balaban J connectivity index is 1.71. The number of carbonyl (C=O) groups excluding carboxylic acids is 1. The van der Waals surface area contributed by atoms with E-state index in [0.717, 1.165) is 13.0 Å². The molecule has 3 nitrogen and oxygen atoms in total. The molecule has 0 aliphatic carbocycles. The standard InChI is InChI=1S/C17H19ClN2O/c1-13-5-4-6-14(11-13)9-10-19-12-17(21)20-16-8-3-2-7-15(16)18/h2-8,11,19H,9-10,12H2,1H3,(H,20,21). The first-order valence-electron chi connectivity index (χ1n) is 6.96. The topological polar surface area (TPSA) is 41.1 Å². The second kappa shape index (κ2) is 7.81. The van der Waals surface area contributed by atoms with Crippen LogP contribution < -0.4 is 10.6 Å². The maximum absolute atomic E-state index is 11.8. The summed E-state index contributed by atoms with van der Waals surface area (Å²) < 4.78 is 0. The number of carbonyl (C=O) groups is 1. The zero-order valence-electron chi connectivity index (χ0n) is 12.0. The molecule has 21 heavy (non-hydrogen) atoms. The summed E-state index contributed by atoms with van der Waals surface area (Å²) in [4.78, 5) is 11.8. The lowest BCUT2D eigenvalue weighted by Crippen LogP contribution is -2.29. The van der Waals surface area contributed by atoms with Gasteiger partial charge >= 0.3 is 0 Å². The molecular weight excluding hydrogens is 284 g/mol. The average Bonchev–Trinajstić information content (AvgIpc) is 2.46. The first kappa shape index (κ1) is 15.5. The highest BCUT2D eigenvalue weighted by Crippen LogP contribution is 2.19. The van der Waals surface area contributed by atoms with Crippen molar-refractivity contribution in [3.63, 3.8) is 0 Å². The Morgan fingerprint density at radius 1 is 1.14 bits per heavy atom. The first-order chi connectivity index (χ1) is 10.1. The molecule has 0 aromatic heterocycles. The molecule has 2 rings (SSSR count). The maximum Gasteiger partial charge on any atom is 0.238 e. The molecule has 0 fully saturated rings. The highest BCUT2D eigenvalue weighted by atomic mass is 35.5. The van der Waals surface area contributed by atoms with Gasteiger partial charge in [-0.15, -0.1) is 0 Å². The Labute approximate surface area is 130 Å². The summed E-state index contributed by atoms with van der Waals surface area (Å²) in [5, 5.41) is 6.47. The van der Waals surface area contributed by atoms with Crippen molar-refractivity contribution in [3.8, 4) is 0 Å². The number of benzene rings is 2. The van der Waals surface area contributed by atoms with E-state index in [4.69, 9.17) is 11.6 Å². The van der Waals surface area contributed by atoms with E-state index in [1.165, 1.54) is 11.1 Å². The SMILES string of the molecule is Cc1cccc(CCNCC(=O)Nc2ccccc2Cl)c1. The molecule has 0 bridgehead atoms. The first-order valence-corrected chi connectivity index (χ1v) is 7.33. The van der Waals surface area contributed by atoms with E-state index in [0.29, 0.717) is 10.7 Å². The number of anilines is 1. The van der Waals surface area contributed by atoms with Crippen LogP contribution in [0.25, 0.3) is 0 Å². The smallest absolute Gasteiger partial charge is 0.238 e. The van der Waals surface area contributed by atoms with Gasteiger partial charge in [0.15, 0.2) is 0 Å². The van der Waals surface area contributed by atoms with Crippen molar-refractivity contribution in [2.45, 2.75) is 13.3 Å². The highest BCUT2D eigenvalue weighted by molar-refractivity contribution is 6.33. The lowest BCUT2D eigenvalue weighted by molar-refractivity contribution is -0.115. The number of rotatable bonds is 6. The Kier molecular flexibility index (Phi) is 5.78. The van der Waals surface area contributed by atoms with Gasteiger partial charge in [0, 0.05) is 0 Å². The predicted molar refractivity (Wildman–Crippen MR) is 87.8 cm³/mol. The molecule has 0 aliphatic heterocycles. The molecule has 0 unspecified atom stereocenters. The van der Waals surface area contributed by atoms with E-state index in [2.05, 4.69) is 41.8 Å². The van der Waals surface area contributed by atoms with E-state index < -0.39 is 0 Å². The van der Waals surface area contributed by atoms with Crippen LogP contribution in [-0.2, 0) is 11.2 Å². The molecule has 0 radical (unpaired) electrons. The monoisotopic (exact) mass is 302 g/mol. The number of halogens is 1. The van der Waals surface area contributed by atoms with Crippen LogP contribution in [0.5, 0.6) is 0 Å². The molecule has 2 N–H and O–H groups in total. The number of nitrogens with one attached hydrogen (secondary N) is 2. The van der Waals surface area contributed by atoms with Gasteiger partial charge in [-0.25, -0.2) is 0 Å². The molecule has 1 amide bonds. The summed E-state index contributed by atoms with van der Waals surface area (Å²) in [7, 11) is 0. The maximum atomic E-state index is 11.8. The van der Waals surface area contributed by atoms with Gasteiger partial charge in [-0.1, -0.05) is 53.6 Å². The van der Waals surface area contributed by atoms with E-state index >= 15 is 0 Å². The molecule has 2 aromatic rings. The minimum absolute atomic E-state index is 0.0904. The number of aryl methyl sites for hydroxylation is 1. The second-order valence-corrected chi connectivity index (χ2v) is 5.35. The summed E-state index contributed by atoms with van der Waals surface area (Å²) in [6.45, 7) is 3.12. The van der Waals surface area contributed by atoms with Crippen LogP contribution in [0, 0.1) is 6.92 Å². The summed E-state index contributed by atoms with van der Waals surface area (Å²) >= 11 is 5.99. The van der Waals surface area contributed by atoms with Crippen LogP contribution in [0.4, 0.5) is 5.69 Å². The number of para-hydroxylation sites is 1. The number of amides is 1. The Morgan fingerprint density at radius 3 is 2.71 bits per heavy atom. The zero-order valence-corrected chi connectivity index (χ0v) is 12.8. The minimum Gasteiger partial charge on any atom is -0.324 e. The number of hydrogen-bond donors (Lipinski definition) is 2. The van der Waals surface area contributed by atoms with E-state index in [1.54, 1.807) is 12.1 Å².